The summed E-state index contributed by atoms with van der Waals surface area (Å²) in [5.41, 5.74) is 1.55. The van der Waals surface area contributed by atoms with Gasteiger partial charge < -0.3 is 10.1 Å². The number of urea groups is 1. The van der Waals surface area contributed by atoms with E-state index in [-0.39, 0.29) is 11.8 Å². The van der Waals surface area contributed by atoms with Crippen LogP contribution in [-0.2, 0) is 4.79 Å². The molecule has 0 atom stereocenters. The van der Waals surface area contributed by atoms with Crippen molar-refractivity contribution in [2.75, 3.05) is 12.4 Å². The minimum absolute atomic E-state index is 0.00940. The van der Waals surface area contributed by atoms with E-state index in [1.807, 2.05) is 13.0 Å². The van der Waals surface area contributed by atoms with Gasteiger partial charge in [-0.05, 0) is 37.5 Å². The van der Waals surface area contributed by atoms with Gasteiger partial charge in [-0.15, -0.1) is 0 Å². The van der Waals surface area contributed by atoms with Crippen molar-refractivity contribution in [1.29, 1.82) is 0 Å². The van der Waals surface area contributed by atoms with Crippen LogP contribution in [0.1, 0.15) is 18.4 Å². The van der Waals surface area contributed by atoms with Crippen molar-refractivity contribution in [3.63, 3.8) is 0 Å². The van der Waals surface area contributed by atoms with Crippen molar-refractivity contribution in [3.8, 4) is 5.75 Å². The molecule has 1 aliphatic carbocycles. The first kappa shape index (κ1) is 12.4. The van der Waals surface area contributed by atoms with E-state index in [0.29, 0.717) is 11.4 Å². The Morgan fingerprint density at radius 1 is 1.33 bits per heavy atom. The maximum Gasteiger partial charge on any atom is 0.325 e. The molecule has 0 aliphatic heterocycles. The molecule has 5 heteroatoms. The fraction of sp³-hybridized carbons (Fsp3) is 0.385. The Bertz CT molecular complexity index is 481. The first-order valence-electron chi connectivity index (χ1n) is 5.86. The van der Waals surface area contributed by atoms with E-state index >= 15 is 0 Å². The van der Waals surface area contributed by atoms with Crippen LogP contribution in [0.25, 0.3) is 0 Å². The Morgan fingerprint density at radius 2 is 2.06 bits per heavy atom. The van der Waals surface area contributed by atoms with E-state index in [4.69, 9.17) is 4.74 Å². The maximum absolute atomic E-state index is 11.6. The van der Waals surface area contributed by atoms with Crippen LogP contribution in [0.3, 0.4) is 0 Å². The van der Waals surface area contributed by atoms with Crippen molar-refractivity contribution in [3.05, 3.63) is 23.8 Å². The zero-order valence-electron chi connectivity index (χ0n) is 10.4. The van der Waals surface area contributed by atoms with Crippen LogP contribution in [0.5, 0.6) is 5.75 Å². The highest BCUT2D eigenvalue weighted by Gasteiger charge is 2.30. The zero-order valence-corrected chi connectivity index (χ0v) is 10.4. The van der Waals surface area contributed by atoms with Crippen LogP contribution < -0.4 is 15.4 Å². The van der Waals surface area contributed by atoms with Crippen molar-refractivity contribution in [2.24, 2.45) is 5.92 Å². The van der Waals surface area contributed by atoms with Crippen LogP contribution >= 0.6 is 0 Å². The van der Waals surface area contributed by atoms with Gasteiger partial charge in [-0.1, -0.05) is 6.07 Å². The summed E-state index contributed by atoms with van der Waals surface area (Å²) in [6.07, 6.45) is 1.74. The Labute approximate surface area is 106 Å². The van der Waals surface area contributed by atoms with Crippen molar-refractivity contribution in [1.82, 2.24) is 5.32 Å². The lowest BCUT2D eigenvalue weighted by atomic mass is 10.2. The fourth-order valence-corrected chi connectivity index (χ4v) is 1.63. The van der Waals surface area contributed by atoms with Crippen molar-refractivity contribution >= 4 is 17.6 Å². The number of benzene rings is 1. The molecule has 0 aromatic heterocycles. The lowest BCUT2D eigenvalue weighted by molar-refractivity contribution is -0.121. The number of hydrogen-bond acceptors (Lipinski definition) is 3. The van der Waals surface area contributed by atoms with E-state index in [1.165, 1.54) is 7.11 Å². The largest absolute Gasteiger partial charge is 0.495 e. The molecule has 1 aliphatic rings. The molecule has 5 nitrogen and oxygen atoms in total. The van der Waals surface area contributed by atoms with E-state index in [1.54, 1.807) is 12.1 Å². The predicted octanol–water partition coefficient (Wildman–Crippen LogP) is 2.06. The summed E-state index contributed by atoms with van der Waals surface area (Å²) < 4.78 is 5.14. The number of ether oxygens (including phenoxy) is 1. The zero-order chi connectivity index (χ0) is 13.1. The highest BCUT2D eigenvalue weighted by molar-refractivity contribution is 6.03. The average Bonchev–Trinajstić information content (AvgIpc) is 3.12. The van der Waals surface area contributed by atoms with Gasteiger partial charge in [-0.3, -0.25) is 10.1 Å². The lowest BCUT2D eigenvalue weighted by Crippen LogP contribution is -2.35. The quantitative estimate of drug-likeness (QED) is 0.860. The number of imide groups is 1. The fourth-order valence-electron chi connectivity index (χ4n) is 1.63. The average molecular weight is 248 g/mol. The lowest BCUT2D eigenvalue weighted by Gasteiger charge is -2.11. The Hall–Kier alpha value is -2.04. The summed E-state index contributed by atoms with van der Waals surface area (Å²) in [7, 11) is 1.53. The summed E-state index contributed by atoms with van der Waals surface area (Å²) in [6.45, 7) is 1.91. The number of carbonyl (C=O) groups excluding carboxylic acids is 2. The summed E-state index contributed by atoms with van der Waals surface area (Å²) in [4.78, 5) is 23.1. The summed E-state index contributed by atoms with van der Waals surface area (Å²) in [5.74, 6) is 0.365. The second-order valence-electron chi connectivity index (χ2n) is 4.42. The molecule has 2 rings (SSSR count). The molecule has 3 amide bonds. The van der Waals surface area contributed by atoms with Gasteiger partial charge in [-0.25, -0.2) is 4.79 Å². The first-order chi connectivity index (χ1) is 8.60. The summed E-state index contributed by atoms with van der Waals surface area (Å²) in [6, 6.07) is 4.93. The third kappa shape index (κ3) is 3.00. The van der Waals surface area contributed by atoms with Gasteiger partial charge in [-0.2, -0.15) is 0 Å². The molecular weight excluding hydrogens is 232 g/mol. The van der Waals surface area contributed by atoms with E-state index in [0.717, 1.165) is 18.4 Å². The van der Waals surface area contributed by atoms with Crippen LogP contribution in [0.2, 0.25) is 0 Å². The molecule has 18 heavy (non-hydrogen) atoms. The Morgan fingerprint density at radius 3 is 2.67 bits per heavy atom. The number of anilines is 1. The molecule has 0 spiro atoms. The third-order valence-corrected chi connectivity index (χ3v) is 2.79. The van der Waals surface area contributed by atoms with Gasteiger partial charge in [0.25, 0.3) is 0 Å². The van der Waals surface area contributed by atoms with Crippen LogP contribution in [-0.4, -0.2) is 19.0 Å². The van der Waals surface area contributed by atoms with Crippen molar-refractivity contribution in [2.45, 2.75) is 19.8 Å². The third-order valence-electron chi connectivity index (χ3n) is 2.79. The number of rotatable bonds is 3. The molecule has 96 valence electrons. The molecule has 2 N–H and O–H groups in total. The number of nitrogens with one attached hydrogen (secondary N) is 2. The number of aryl methyl sites for hydroxylation is 1. The number of hydrogen-bond donors (Lipinski definition) is 2. The number of carbonyl (C=O) groups is 2. The maximum atomic E-state index is 11.6. The normalized spacial score (nSPS) is 13.9. The smallest absolute Gasteiger partial charge is 0.325 e. The topological polar surface area (TPSA) is 67.4 Å². The SMILES string of the molecule is COc1ccc(C)cc1NC(=O)NC(=O)C1CC1. The Balaban J connectivity index is 2.01. The molecule has 0 bridgehead atoms. The monoisotopic (exact) mass is 248 g/mol. The molecule has 1 saturated carbocycles. The number of methoxy groups -OCH3 is 1. The standard InChI is InChI=1S/C13H16N2O3/c1-8-3-6-11(18-2)10(7-8)14-13(17)15-12(16)9-4-5-9/h3,6-7,9H,4-5H2,1-2H3,(H2,14,15,16,17). The molecular formula is C13H16N2O3. The van der Waals surface area contributed by atoms with Crippen LogP contribution in [0.15, 0.2) is 18.2 Å². The van der Waals surface area contributed by atoms with Gasteiger partial charge in [0, 0.05) is 5.92 Å². The minimum Gasteiger partial charge on any atom is -0.495 e. The highest BCUT2D eigenvalue weighted by Crippen LogP contribution is 2.29. The van der Waals surface area contributed by atoms with Gasteiger partial charge in [0.1, 0.15) is 5.75 Å². The molecule has 1 aromatic rings. The molecule has 1 fully saturated rings. The van der Waals surface area contributed by atoms with E-state index in [9.17, 15) is 9.59 Å². The van der Waals surface area contributed by atoms with Gasteiger partial charge in [0.05, 0.1) is 12.8 Å². The second-order valence-corrected chi connectivity index (χ2v) is 4.42. The van der Waals surface area contributed by atoms with Gasteiger partial charge >= 0.3 is 6.03 Å². The highest BCUT2D eigenvalue weighted by atomic mass is 16.5. The van der Waals surface area contributed by atoms with Crippen molar-refractivity contribution < 1.29 is 14.3 Å². The molecule has 0 unspecified atom stereocenters. The molecule has 1 aromatic carbocycles. The van der Waals surface area contributed by atoms with Gasteiger partial charge in [0.2, 0.25) is 5.91 Å². The molecule has 0 radical (unpaired) electrons. The molecule has 0 heterocycles. The van der Waals surface area contributed by atoms with Gasteiger partial charge in [0.15, 0.2) is 0 Å². The first-order valence-corrected chi connectivity index (χ1v) is 5.86. The van der Waals surface area contributed by atoms with E-state index in [2.05, 4.69) is 10.6 Å². The van der Waals surface area contributed by atoms with Crippen LogP contribution in [0.4, 0.5) is 10.5 Å². The summed E-state index contributed by atoms with van der Waals surface area (Å²) in [5, 5.41) is 4.94. The second kappa shape index (κ2) is 5.08. The summed E-state index contributed by atoms with van der Waals surface area (Å²) >= 11 is 0. The van der Waals surface area contributed by atoms with Crippen LogP contribution in [0, 0.1) is 12.8 Å². The molecule has 0 saturated heterocycles. The van der Waals surface area contributed by atoms with E-state index < -0.39 is 6.03 Å². The minimum atomic E-state index is -0.518. The predicted molar refractivity (Wildman–Crippen MR) is 67.6 cm³/mol. The Kier molecular flexibility index (Phi) is 3.50. The number of amides is 3.